The van der Waals surface area contributed by atoms with E-state index in [-0.39, 0.29) is 5.54 Å². The number of imidazole rings is 1. The first kappa shape index (κ1) is 8.85. The fourth-order valence-electron chi connectivity index (χ4n) is 2.28. The Kier molecular flexibility index (Phi) is 1.65. The lowest BCUT2D eigenvalue weighted by atomic mass is 9.77. The molecule has 0 aliphatic heterocycles. The van der Waals surface area contributed by atoms with Crippen molar-refractivity contribution in [1.29, 1.82) is 0 Å². The monoisotopic (exact) mass is 202 g/mol. The average Bonchev–Trinajstić information content (AvgIpc) is 2.54. The molecule has 0 amide bonds. The molecular weight excluding hydrogens is 188 g/mol. The predicted octanol–water partition coefficient (Wildman–Crippen LogP) is 1.31. The molecule has 0 unspecified atom stereocenters. The Balaban J connectivity index is 2.23. The summed E-state index contributed by atoms with van der Waals surface area (Å²) in [5, 5.41) is 0. The van der Waals surface area contributed by atoms with E-state index in [9.17, 15) is 0 Å². The first-order valence-electron chi connectivity index (χ1n) is 5.26. The molecule has 78 valence electrons. The molecule has 4 heteroatoms. The van der Waals surface area contributed by atoms with Gasteiger partial charge in [0.15, 0.2) is 0 Å². The average molecular weight is 202 g/mol. The number of hydrogen-bond donors (Lipinski definition) is 1. The van der Waals surface area contributed by atoms with E-state index in [4.69, 9.17) is 5.73 Å². The molecule has 0 saturated heterocycles. The molecule has 0 spiro atoms. The molecule has 1 saturated carbocycles. The number of hydrogen-bond acceptors (Lipinski definition) is 3. The van der Waals surface area contributed by atoms with Crippen LogP contribution >= 0.6 is 0 Å². The van der Waals surface area contributed by atoms with Crippen LogP contribution in [-0.2, 0) is 12.6 Å². The molecule has 2 N–H and O–H groups in total. The zero-order chi connectivity index (χ0) is 10.5. The van der Waals surface area contributed by atoms with E-state index in [1.54, 1.807) is 12.4 Å². The van der Waals surface area contributed by atoms with Crippen molar-refractivity contribution in [2.45, 2.75) is 24.8 Å². The van der Waals surface area contributed by atoms with E-state index in [0.717, 1.165) is 29.7 Å². The molecule has 15 heavy (non-hydrogen) atoms. The highest BCUT2D eigenvalue weighted by Gasteiger charge is 2.38. The SMILES string of the molecule is Cn1c(C2(N)CCC2)nc2cnccc21. The van der Waals surface area contributed by atoms with Gasteiger partial charge in [0, 0.05) is 13.2 Å². The third-order valence-electron chi connectivity index (χ3n) is 3.37. The van der Waals surface area contributed by atoms with Crippen molar-refractivity contribution in [2.24, 2.45) is 12.8 Å². The van der Waals surface area contributed by atoms with Gasteiger partial charge in [0.05, 0.1) is 17.3 Å². The first-order chi connectivity index (χ1) is 7.21. The molecule has 1 aliphatic rings. The summed E-state index contributed by atoms with van der Waals surface area (Å²) in [5.41, 5.74) is 8.13. The number of fused-ring (bicyclic) bond motifs is 1. The van der Waals surface area contributed by atoms with Gasteiger partial charge in [0.2, 0.25) is 0 Å². The van der Waals surface area contributed by atoms with Crippen LogP contribution in [0.15, 0.2) is 18.5 Å². The highest BCUT2D eigenvalue weighted by molar-refractivity contribution is 5.74. The lowest BCUT2D eigenvalue weighted by molar-refractivity contribution is 0.234. The van der Waals surface area contributed by atoms with Gasteiger partial charge in [-0.3, -0.25) is 4.98 Å². The van der Waals surface area contributed by atoms with Crippen molar-refractivity contribution in [3.8, 4) is 0 Å². The van der Waals surface area contributed by atoms with Crippen LogP contribution in [0.4, 0.5) is 0 Å². The molecule has 0 radical (unpaired) electrons. The fourth-order valence-corrected chi connectivity index (χ4v) is 2.28. The van der Waals surface area contributed by atoms with Crippen LogP contribution in [0.3, 0.4) is 0 Å². The summed E-state index contributed by atoms with van der Waals surface area (Å²) in [6, 6.07) is 1.98. The summed E-state index contributed by atoms with van der Waals surface area (Å²) < 4.78 is 2.09. The number of aromatic nitrogens is 3. The fraction of sp³-hybridized carbons (Fsp3) is 0.455. The predicted molar refractivity (Wildman–Crippen MR) is 58.2 cm³/mol. The Bertz CT molecular complexity index is 510. The van der Waals surface area contributed by atoms with E-state index < -0.39 is 0 Å². The summed E-state index contributed by atoms with van der Waals surface area (Å²) in [6.45, 7) is 0. The normalized spacial score (nSPS) is 19.1. The molecule has 2 aromatic rings. The molecular formula is C11H14N4. The summed E-state index contributed by atoms with van der Waals surface area (Å²) in [5.74, 6) is 0.997. The van der Waals surface area contributed by atoms with E-state index in [1.165, 1.54) is 6.42 Å². The third kappa shape index (κ3) is 1.11. The standard InChI is InChI=1S/C11H14N4/c1-15-9-3-6-13-7-8(9)14-10(15)11(12)4-2-5-11/h3,6-7H,2,4-5,12H2,1H3. The maximum absolute atomic E-state index is 6.29. The van der Waals surface area contributed by atoms with Gasteiger partial charge in [-0.2, -0.15) is 0 Å². The minimum atomic E-state index is -0.201. The summed E-state index contributed by atoms with van der Waals surface area (Å²) in [6.07, 6.45) is 6.87. The van der Waals surface area contributed by atoms with Gasteiger partial charge in [-0.1, -0.05) is 0 Å². The van der Waals surface area contributed by atoms with Crippen molar-refractivity contribution in [1.82, 2.24) is 14.5 Å². The quantitative estimate of drug-likeness (QED) is 0.758. The number of rotatable bonds is 1. The molecule has 0 bridgehead atoms. The van der Waals surface area contributed by atoms with E-state index in [0.29, 0.717) is 0 Å². The highest BCUT2D eigenvalue weighted by atomic mass is 15.1. The van der Waals surface area contributed by atoms with Gasteiger partial charge in [-0.15, -0.1) is 0 Å². The van der Waals surface area contributed by atoms with Crippen LogP contribution in [0.25, 0.3) is 11.0 Å². The molecule has 0 aromatic carbocycles. The van der Waals surface area contributed by atoms with Crippen molar-refractivity contribution in [2.75, 3.05) is 0 Å². The molecule has 1 aliphatic carbocycles. The minimum Gasteiger partial charge on any atom is -0.329 e. The lowest BCUT2D eigenvalue weighted by Gasteiger charge is -2.37. The number of aryl methyl sites for hydroxylation is 1. The van der Waals surface area contributed by atoms with Gasteiger partial charge in [0.25, 0.3) is 0 Å². The van der Waals surface area contributed by atoms with Crippen LogP contribution in [0.5, 0.6) is 0 Å². The first-order valence-corrected chi connectivity index (χ1v) is 5.26. The molecule has 0 atom stereocenters. The Labute approximate surface area is 88.1 Å². The molecule has 3 rings (SSSR count). The summed E-state index contributed by atoms with van der Waals surface area (Å²) >= 11 is 0. The Morgan fingerprint density at radius 3 is 2.87 bits per heavy atom. The topological polar surface area (TPSA) is 56.7 Å². The van der Waals surface area contributed by atoms with Gasteiger partial charge >= 0.3 is 0 Å². The number of nitrogens with two attached hydrogens (primary N) is 1. The number of nitrogens with zero attached hydrogens (tertiary/aromatic N) is 3. The lowest BCUT2D eigenvalue weighted by Crippen LogP contribution is -2.45. The van der Waals surface area contributed by atoms with Crippen LogP contribution < -0.4 is 5.73 Å². The van der Waals surface area contributed by atoms with Gasteiger partial charge < -0.3 is 10.3 Å². The largest absolute Gasteiger partial charge is 0.329 e. The van der Waals surface area contributed by atoms with Crippen LogP contribution in [-0.4, -0.2) is 14.5 Å². The second kappa shape index (κ2) is 2.79. The third-order valence-corrected chi connectivity index (χ3v) is 3.37. The van der Waals surface area contributed by atoms with Gasteiger partial charge in [0.1, 0.15) is 11.3 Å². The highest BCUT2D eigenvalue weighted by Crippen LogP contribution is 2.38. The molecule has 2 aromatic heterocycles. The van der Waals surface area contributed by atoms with Crippen molar-refractivity contribution in [3.63, 3.8) is 0 Å². The Morgan fingerprint density at radius 2 is 2.27 bits per heavy atom. The summed E-state index contributed by atoms with van der Waals surface area (Å²) in [7, 11) is 2.03. The zero-order valence-electron chi connectivity index (χ0n) is 8.77. The van der Waals surface area contributed by atoms with Crippen LogP contribution in [0.2, 0.25) is 0 Å². The van der Waals surface area contributed by atoms with Crippen LogP contribution in [0.1, 0.15) is 25.1 Å². The van der Waals surface area contributed by atoms with E-state index in [1.807, 2.05) is 13.1 Å². The Hall–Kier alpha value is -1.42. The zero-order valence-corrected chi connectivity index (χ0v) is 8.77. The molecule has 2 heterocycles. The van der Waals surface area contributed by atoms with Gasteiger partial charge in [-0.05, 0) is 25.3 Å². The smallest absolute Gasteiger partial charge is 0.129 e. The second-order valence-electron chi connectivity index (χ2n) is 4.37. The summed E-state index contributed by atoms with van der Waals surface area (Å²) in [4.78, 5) is 8.66. The molecule has 4 nitrogen and oxygen atoms in total. The Morgan fingerprint density at radius 1 is 1.47 bits per heavy atom. The number of pyridine rings is 1. The molecule has 1 fully saturated rings. The minimum absolute atomic E-state index is 0.201. The van der Waals surface area contributed by atoms with Crippen molar-refractivity contribution < 1.29 is 0 Å². The van der Waals surface area contributed by atoms with Gasteiger partial charge in [-0.25, -0.2) is 4.98 Å². The maximum Gasteiger partial charge on any atom is 0.129 e. The van der Waals surface area contributed by atoms with Crippen molar-refractivity contribution in [3.05, 3.63) is 24.3 Å². The van der Waals surface area contributed by atoms with E-state index in [2.05, 4.69) is 14.5 Å². The van der Waals surface area contributed by atoms with Crippen molar-refractivity contribution >= 4 is 11.0 Å². The van der Waals surface area contributed by atoms with E-state index >= 15 is 0 Å². The van der Waals surface area contributed by atoms with Crippen LogP contribution in [0, 0.1) is 0 Å². The maximum atomic E-state index is 6.29. The second-order valence-corrected chi connectivity index (χ2v) is 4.37.